The summed E-state index contributed by atoms with van der Waals surface area (Å²) >= 11 is 1.10. The monoisotopic (exact) mass is 401 g/mol. The lowest BCUT2D eigenvalue weighted by Crippen LogP contribution is -2.39. The predicted molar refractivity (Wildman–Crippen MR) is 110 cm³/mol. The summed E-state index contributed by atoms with van der Waals surface area (Å²) in [6.45, 7) is 5.92. The summed E-state index contributed by atoms with van der Waals surface area (Å²) in [5, 5.41) is 9.73. The van der Waals surface area contributed by atoms with Crippen molar-refractivity contribution >= 4 is 28.9 Å². The van der Waals surface area contributed by atoms with Crippen LogP contribution in [0.15, 0.2) is 42.0 Å². The molecule has 1 aliphatic carbocycles. The number of amides is 1. The van der Waals surface area contributed by atoms with Crippen LogP contribution in [0, 0.1) is 11.7 Å². The first-order chi connectivity index (χ1) is 13.3. The van der Waals surface area contributed by atoms with Crippen LogP contribution < -0.4 is 4.90 Å². The molecular formula is C22H24FNO3S. The Hall–Kier alpha value is -2.47. The van der Waals surface area contributed by atoms with Crippen molar-refractivity contribution in [2.24, 2.45) is 5.92 Å². The zero-order valence-electron chi connectivity index (χ0n) is 16.2. The summed E-state index contributed by atoms with van der Waals surface area (Å²) in [5.41, 5.74) is 1.87. The first-order valence-corrected chi connectivity index (χ1v) is 10.2. The van der Waals surface area contributed by atoms with E-state index in [0.29, 0.717) is 22.9 Å². The van der Waals surface area contributed by atoms with Gasteiger partial charge >= 0.3 is 5.97 Å². The fourth-order valence-electron chi connectivity index (χ4n) is 3.41. The molecule has 1 amide bonds. The summed E-state index contributed by atoms with van der Waals surface area (Å²) in [4.78, 5) is 27.5. The molecule has 0 radical (unpaired) electrons. The van der Waals surface area contributed by atoms with Gasteiger partial charge in [-0.2, -0.15) is 0 Å². The lowest BCUT2D eigenvalue weighted by atomic mass is 9.90. The second-order valence-electron chi connectivity index (χ2n) is 7.51. The second kappa shape index (κ2) is 8.27. The van der Waals surface area contributed by atoms with Gasteiger partial charge < -0.3 is 10.0 Å². The smallest absolute Gasteiger partial charge is 0.348 e. The van der Waals surface area contributed by atoms with Crippen LogP contribution in [0.3, 0.4) is 0 Å². The van der Waals surface area contributed by atoms with Crippen molar-refractivity contribution in [3.05, 3.63) is 52.7 Å². The van der Waals surface area contributed by atoms with E-state index in [4.69, 9.17) is 0 Å². The molecule has 0 bridgehead atoms. The lowest BCUT2D eigenvalue weighted by molar-refractivity contribution is -0.115. The Balaban J connectivity index is 2.03. The minimum absolute atomic E-state index is 0.117. The van der Waals surface area contributed by atoms with Gasteiger partial charge in [-0.3, -0.25) is 4.79 Å². The van der Waals surface area contributed by atoms with Crippen LogP contribution in [-0.2, 0) is 4.79 Å². The number of carbonyl (C=O) groups excluding carboxylic acids is 1. The summed E-state index contributed by atoms with van der Waals surface area (Å²) in [7, 11) is 0. The summed E-state index contributed by atoms with van der Waals surface area (Å²) in [6, 6.07) is 7.45. The van der Waals surface area contributed by atoms with Gasteiger partial charge in [0, 0.05) is 16.5 Å². The molecule has 0 saturated heterocycles. The van der Waals surface area contributed by atoms with Gasteiger partial charge in [-0.25, -0.2) is 9.18 Å². The molecule has 1 atom stereocenters. The minimum Gasteiger partial charge on any atom is -0.477 e. The number of carbonyl (C=O) groups is 2. The minimum atomic E-state index is -1.07. The Morgan fingerprint density at radius 3 is 2.46 bits per heavy atom. The van der Waals surface area contributed by atoms with Crippen molar-refractivity contribution < 1.29 is 19.1 Å². The zero-order valence-corrected chi connectivity index (χ0v) is 17.1. The molecule has 1 heterocycles. The molecule has 0 spiro atoms. The van der Waals surface area contributed by atoms with Crippen LogP contribution in [0.4, 0.5) is 10.1 Å². The van der Waals surface area contributed by atoms with Gasteiger partial charge in [0.25, 0.3) is 5.91 Å². The van der Waals surface area contributed by atoms with Crippen LogP contribution in [-0.4, -0.2) is 23.0 Å². The standard InChI is InChI=1S/C22H24FNO3S/c1-13(2)24(21(25)16-6-4-14(3)5-7-16)18-12-19(28-20(18)22(26)27)15-8-10-17(23)11-9-15/h6,8-14H,4-5,7H2,1-3H3,(H,26,27)/t14-/m0/s1. The van der Waals surface area contributed by atoms with Crippen molar-refractivity contribution in [2.45, 2.75) is 46.1 Å². The molecule has 0 fully saturated rings. The molecule has 1 aliphatic rings. The molecule has 148 valence electrons. The second-order valence-corrected chi connectivity index (χ2v) is 8.57. The third kappa shape index (κ3) is 4.17. The third-order valence-corrected chi connectivity index (χ3v) is 6.14. The maximum atomic E-state index is 13.2. The number of aromatic carboxylic acids is 1. The van der Waals surface area contributed by atoms with Gasteiger partial charge in [0.05, 0.1) is 5.69 Å². The van der Waals surface area contributed by atoms with E-state index in [-0.39, 0.29) is 22.6 Å². The number of carboxylic acids is 1. The molecule has 1 aromatic heterocycles. The van der Waals surface area contributed by atoms with E-state index < -0.39 is 5.97 Å². The van der Waals surface area contributed by atoms with Crippen LogP contribution in [0.25, 0.3) is 10.4 Å². The van der Waals surface area contributed by atoms with E-state index in [1.165, 1.54) is 12.1 Å². The molecule has 28 heavy (non-hydrogen) atoms. The molecule has 6 heteroatoms. The number of hydrogen-bond donors (Lipinski definition) is 1. The quantitative estimate of drug-likeness (QED) is 0.695. The average molecular weight is 402 g/mol. The fourth-order valence-corrected chi connectivity index (χ4v) is 4.40. The first kappa shape index (κ1) is 20.3. The van der Waals surface area contributed by atoms with Crippen LogP contribution in [0.1, 0.15) is 49.7 Å². The van der Waals surface area contributed by atoms with Crippen LogP contribution in [0.5, 0.6) is 0 Å². The maximum Gasteiger partial charge on any atom is 0.348 e. The van der Waals surface area contributed by atoms with Crippen LogP contribution >= 0.6 is 11.3 Å². The normalized spacial score (nSPS) is 16.8. The number of rotatable bonds is 5. The Labute approximate surface area is 168 Å². The van der Waals surface area contributed by atoms with Crippen molar-refractivity contribution in [1.29, 1.82) is 0 Å². The summed E-state index contributed by atoms with van der Waals surface area (Å²) in [5.74, 6) is -0.993. The average Bonchev–Trinajstić information content (AvgIpc) is 3.07. The number of allylic oxidation sites excluding steroid dienone is 1. The van der Waals surface area contributed by atoms with Crippen molar-refractivity contribution in [3.8, 4) is 10.4 Å². The highest BCUT2D eigenvalue weighted by Crippen LogP contribution is 2.39. The number of carboxylic acid groups (broad SMARTS) is 1. The highest BCUT2D eigenvalue weighted by atomic mass is 32.1. The fraction of sp³-hybridized carbons (Fsp3) is 0.364. The van der Waals surface area contributed by atoms with Gasteiger partial charge in [0.2, 0.25) is 0 Å². The molecule has 2 aromatic rings. The van der Waals surface area contributed by atoms with Crippen molar-refractivity contribution in [2.75, 3.05) is 4.90 Å². The molecule has 4 nitrogen and oxygen atoms in total. The number of hydrogen-bond acceptors (Lipinski definition) is 3. The SMILES string of the molecule is CC(C)N(C(=O)C1=CC[C@H](C)CC1)c1cc(-c2ccc(F)cc2)sc1C(=O)O. The Morgan fingerprint density at radius 1 is 1.25 bits per heavy atom. The van der Waals surface area contributed by atoms with Gasteiger partial charge in [-0.1, -0.05) is 25.1 Å². The van der Waals surface area contributed by atoms with E-state index in [2.05, 4.69) is 6.92 Å². The molecule has 1 N–H and O–H groups in total. The van der Waals surface area contributed by atoms with E-state index in [9.17, 15) is 19.1 Å². The van der Waals surface area contributed by atoms with Gasteiger partial charge in [0.15, 0.2) is 0 Å². The largest absolute Gasteiger partial charge is 0.477 e. The van der Waals surface area contributed by atoms with E-state index in [1.807, 2.05) is 19.9 Å². The first-order valence-electron chi connectivity index (χ1n) is 9.43. The number of anilines is 1. The van der Waals surface area contributed by atoms with E-state index in [1.54, 1.807) is 23.1 Å². The topological polar surface area (TPSA) is 57.6 Å². The molecule has 1 aromatic carbocycles. The predicted octanol–water partition coefficient (Wildman–Crippen LogP) is 5.74. The molecule has 0 saturated carbocycles. The summed E-state index contributed by atoms with van der Waals surface area (Å²) in [6.07, 6.45) is 4.52. The Bertz CT molecular complexity index is 914. The summed E-state index contributed by atoms with van der Waals surface area (Å²) < 4.78 is 13.2. The Morgan fingerprint density at radius 2 is 1.93 bits per heavy atom. The zero-order chi connectivity index (χ0) is 20.4. The third-order valence-electron chi connectivity index (χ3n) is 4.98. The number of thiophene rings is 1. The molecule has 0 unspecified atom stereocenters. The lowest BCUT2D eigenvalue weighted by Gasteiger charge is -2.29. The van der Waals surface area contributed by atoms with Crippen LogP contribution in [0.2, 0.25) is 0 Å². The highest BCUT2D eigenvalue weighted by molar-refractivity contribution is 7.18. The molecule has 3 rings (SSSR count). The van der Waals surface area contributed by atoms with E-state index in [0.717, 1.165) is 35.3 Å². The van der Waals surface area contributed by atoms with Gasteiger partial charge in [-0.15, -0.1) is 11.3 Å². The maximum absolute atomic E-state index is 13.2. The van der Waals surface area contributed by atoms with Crippen molar-refractivity contribution in [3.63, 3.8) is 0 Å². The molecule has 0 aliphatic heterocycles. The van der Waals surface area contributed by atoms with Gasteiger partial charge in [-0.05, 0) is 62.8 Å². The highest BCUT2D eigenvalue weighted by Gasteiger charge is 2.30. The van der Waals surface area contributed by atoms with Gasteiger partial charge in [0.1, 0.15) is 10.7 Å². The Kier molecular flexibility index (Phi) is 5.98. The number of nitrogens with zero attached hydrogens (tertiary/aromatic N) is 1. The molecular weight excluding hydrogens is 377 g/mol. The number of halogens is 1. The van der Waals surface area contributed by atoms with Crippen molar-refractivity contribution in [1.82, 2.24) is 0 Å². The number of benzene rings is 1. The van der Waals surface area contributed by atoms with E-state index >= 15 is 0 Å².